The molecule has 0 aliphatic heterocycles. The maximum absolute atomic E-state index is 2.42. The van der Waals surface area contributed by atoms with Crippen LogP contribution in [0.5, 0.6) is 0 Å². The van der Waals surface area contributed by atoms with Crippen LogP contribution in [0.15, 0.2) is 170 Å². The Labute approximate surface area is 286 Å². The van der Waals surface area contributed by atoms with Crippen molar-refractivity contribution >= 4 is 43.1 Å². The van der Waals surface area contributed by atoms with E-state index in [1.807, 2.05) is 0 Å². The number of benzene rings is 9. The van der Waals surface area contributed by atoms with E-state index in [1.165, 1.54) is 98.7 Å². The number of hydrogen-bond donors (Lipinski definition) is 0. The van der Waals surface area contributed by atoms with Gasteiger partial charge in [-0.05, 0) is 123 Å². The maximum Gasteiger partial charge on any atom is 0.0159 e. The summed E-state index contributed by atoms with van der Waals surface area (Å²) in [6.45, 7) is 4.71. The van der Waals surface area contributed by atoms with Crippen LogP contribution in [0, 0.1) is 0 Å². The molecule has 0 unspecified atom stereocenters. The molecule has 9 aromatic rings. The third kappa shape index (κ3) is 4.24. The largest absolute Gasteiger partial charge is 0.0619 e. The van der Waals surface area contributed by atoms with E-state index in [9.17, 15) is 0 Å². The second-order valence-electron chi connectivity index (χ2n) is 14.1. The third-order valence-electron chi connectivity index (χ3n) is 11.1. The average molecular weight is 623 g/mol. The highest BCUT2D eigenvalue weighted by atomic mass is 14.4. The van der Waals surface area contributed by atoms with Crippen LogP contribution in [0.1, 0.15) is 25.0 Å². The first-order chi connectivity index (χ1) is 24.0. The molecule has 0 nitrogen and oxygen atoms in total. The molecule has 0 atom stereocenters. The Balaban J connectivity index is 1.10. The predicted molar refractivity (Wildman–Crippen MR) is 210 cm³/mol. The SMILES string of the molecule is CC1(C)c2ccccc2-c2ccc(-c3ccc4ccc(-c5ccc(-c6cc7ccccc7c7ccccc67)c6ccccc56)cc4c3)cc21. The summed E-state index contributed by atoms with van der Waals surface area (Å²) < 4.78 is 0. The fourth-order valence-electron chi connectivity index (χ4n) is 8.54. The topological polar surface area (TPSA) is 0 Å². The van der Waals surface area contributed by atoms with Crippen molar-refractivity contribution in [1.82, 2.24) is 0 Å². The Kier molecular flexibility index (Phi) is 6.02. The predicted octanol–water partition coefficient (Wildman–Crippen LogP) is 13.6. The molecule has 1 aliphatic carbocycles. The normalized spacial score (nSPS) is 13.3. The van der Waals surface area contributed by atoms with Gasteiger partial charge >= 0.3 is 0 Å². The van der Waals surface area contributed by atoms with Gasteiger partial charge in [-0.15, -0.1) is 0 Å². The molecule has 0 bridgehead atoms. The summed E-state index contributed by atoms with van der Waals surface area (Å²) in [7, 11) is 0. The number of fused-ring (bicyclic) bond motifs is 8. The molecule has 0 saturated carbocycles. The van der Waals surface area contributed by atoms with Gasteiger partial charge < -0.3 is 0 Å². The summed E-state index contributed by atoms with van der Waals surface area (Å²) in [4.78, 5) is 0. The van der Waals surface area contributed by atoms with E-state index in [-0.39, 0.29) is 5.41 Å². The molecule has 1 aliphatic rings. The lowest BCUT2D eigenvalue weighted by atomic mass is 9.81. The van der Waals surface area contributed by atoms with Gasteiger partial charge in [-0.1, -0.05) is 159 Å². The van der Waals surface area contributed by atoms with E-state index in [1.54, 1.807) is 0 Å². The summed E-state index contributed by atoms with van der Waals surface area (Å²) in [6.07, 6.45) is 0. The summed E-state index contributed by atoms with van der Waals surface area (Å²) in [5.74, 6) is 0. The Morgan fingerprint density at radius 3 is 1.63 bits per heavy atom. The standard InChI is InChI=1S/C49H34/c1-49(2)47-18-10-9-17-44(47)45-24-23-33(30-48(45)49)32-21-19-31-20-22-35(28-36(31)27-32)38-25-26-43(41-15-7-5-14-40(38)41)46-29-34-11-3-4-12-37(34)39-13-6-8-16-42(39)46/h3-30H,1-2H3. The minimum atomic E-state index is -0.0156. The van der Waals surface area contributed by atoms with Crippen LogP contribution in [0.3, 0.4) is 0 Å². The number of hydrogen-bond acceptors (Lipinski definition) is 0. The first-order valence-electron chi connectivity index (χ1n) is 17.3. The van der Waals surface area contributed by atoms with E-state index in [2.05, 4.69) is 184 Å². The van der Waals surface area contributed by atoms with E-state index in [4.69, 9.17) is 0 Å². The first kappa shape index (κ1) is 28.1. The Morgan fingerprint density at radius 1 is 0.286 bits per heavy atom. The number of rotatable bonds is 3. The van der Waals surface area contributed by atoms with Crippen molar-refractivity contribution in [2.45, 2.75) is 19.3 Å². The molecule has 230 valence electrons. The minimum Gasteiger partial charge on any atom is -0.0619 e. The Hall–Kier alpha value is -5.98. The smallest absolute Gasteiger partial charge is 0.0159 e. The van der Waals surface area contributed by atoms with E-state index < -0.39 is 0 Å². The van der Waals surface area contributed by atoms with Crippen LogP contribution in [-0.4, -0.2) is 0 Å². The summed E-state index contributed by atoms with van der Waals surface area (Å²) >= 11 is 0. The van der Waals surface area contributed by atoms with Gasteiger partial charge in [0.2, 0.25) is 0 Å². The highest BCUT2D eigenvalue weighted by Crippen LogP contribution is 2.49. The van der Waals surface area contributed by atoms with Gasteiger partial charge in [0, 0.05) is 5.41 Å². The molecule has 9 aromatic carbocycles. The molecule has 0 heterocycles. The van der Waals surface area contributed by atoms with Crippen LogP contribution in [0.4, 0.5) is 0 Å². The molecule has 0 saturated heterocycles. The van der Waals surface area contributed by atoms with Gasteiger partial charge in [0.1, 0.15) is 0 Å². The quantitative estimate of drug-likeness (QED) is 0.172. The van der Waals surface area contributed by atoms with Crippen molar-refractivity contribution in [2.24, 2.45) is 0 Å². The highest BCUT2D eigenvalue weighted by molar-refractivity contribution is 6.17. The minimum absolute atomic E-state index is 0.0156. The van der Waals surface area contributed by atoms with Crippen LogP contribution >= 0.6 is 0 Å². The van der Waals surface area contributed by atoms with Crippen molar-refractivity contribution in [2.75, 3.05) is 0 Å². The Morgan fingerprint density at radius 2 is 0.816 bits per heavy atom. The fraction of sp³-hybridized carbons (Fsp3) is 0.0612. The van der Waals surface area contributed by atoms with Gasteiger partial charge in [0.05, 0.1) is 0 Å². The third-order valence-corrected chi connectivity index (χ3v) is 11.1. The first-order valence-corrected chi connectivity index (χ1v) is 17.3. The van der Waals surface area contributed by atoms with Crippen molar-refractivity contribution in [1.29, 1.82) is 0 Å². The second kappa shape index (κ2) is 10.5. The lowest BCUT2D eigenvalue weighted by Gasteiger charge is -2.22. The summed E-state index contributed by atoms with van der Waals surface area (Å²) in [6, 6.07) is 63.2. The zero-order chi connectivity index (χ0) is 32.7. The van der Waals surface area contributed by atoms with Crippen molar-refractivity contribution in [3.8, 4) is 44.5 Å². The van der Waals surface area contributed by atoms with Crippen molar-refractivity contribution in [3.05, 3.63) is 181 Å². The van der Waals surface area contributed by atoms with Crippen LogP contribution in [0.25, 0.3) is 87.6 Å². The zero-order valence-corrected chi connectivity index (χ0v) is 27.7. The molecule has 0 radical (unpaired) electrons. The van der Waals surface area contributed by atoms with E-state index in [0.717, 1.165) is 0 Å². The molecular formula is C49H34. The zero-order valence-electron chi connectivity index (χ0n) is 27.7. The van der Waals surface area contributed by atoms with Crippen LogP contribution < -0.4 is 0 Å². The van der Waals surface area contributed by atoms with Crippen LogP contribution in [0.2, 0.25) is 0 Å². The molecule has 0 amide bonds. The maximum atomic E-state index is 2.42. The molecular weight excluding hydrogens is 589 g/mol. The van der Waals surface area contributed by atoms with Gasteiger partial charge in [0.15, 0.2) is 0 Å². The summed E-state index contributed by atoms with van der Waals surface area (Å²) in [5.41, 5.74) is 13.1. The molecule has 10 rings (SSSR count). The van der Waals surface area contributed by atoms with Gasteiger partial charge in [0.25, 0.3) is 0 Å². The molecule has 0 N–H and O–H groups in total. The van der Waals surface area contributed by atoms with E-state index >= 15 is 0 Å². The van der Waals surface area contributed by atoms with Crippen LogP contribution in [-0.2, 0) is 5.41 Å². The monoisotopic (exact) mass is 622 g/mol. The van der Waals surface area contributed by atoms with E-state index in [0.29, 0.717) is 0 Å². The van der Waals surface area contributed by atoms with Gasteiger partial charge in [-0.25, -0.2) is 0 Å². The fourth-order valence-corrected chi connectivity index (χ4v) is 8.54. The van der Waals surface area contributed by atoms with Crippen molar-refractivity contribution in [3.63, 3.8) is 0 Å². The van der Waals surface area contributed by atoms with Crippen molar-refractivity contribution < 1.29 is 0 Å². The lowest BCUT2D eigenvalue weighted by Crippen LogP contribution is -2.14. The second-order valence-corrected chi connectivity index (χ2v) is 14.1. The van der Waals surface area contributed by atoms with Gasteiger partial charge in [-0.3, -0.25) is 0 Å². The highest BCUT2D eigenvalue weighted by Gasteiger charge is 2.35. The molecule has 0 heteroatoms. The molecule has 0 aromatic heterocycles. The molecule has 0 fully saturated rings. The summed E-state index contributed by atoms with van der Waals surface area (Å²) in [5, 5.41) is 10.2. The lowest BCUT2D eigenvalue weighted by molar-refractivity contribution is 0.660. The van der Waals surface area contributed by atoms with Gasteiger partial charge in [-0.2, -0.15) is 0 Å². The Bertz CT molecular complexity index is 2800. The molecule has 49 heavy (non-hydrogen) atoms. The molecule has 0 spiro atoms. The average Bonchev–Trinajstić information content (AvgIpc) is 3.39.